The zero-order valence-corrected chi connectivity index (χ0v) is 15.3. The van der Waals surface area contributed by atoms with Crippen LogP contribution < -0.4 is 9.47 Å². The molecule has 0 bridgehead atoms. The molecule has 0 amide bonds. The molecule has 1 atom stereocenters. The quantitative estimate of drug-likeness (QED) is 0.492. The molecule has 0 saturated heterocycles. The molecule has 1 aromatic carbocycles. The number of aliphatic hydroxyl groups excluding tert-OH is 1. The highest BCUT2D eigenvalue weighted by Gasteiger charge is 2.19. The van der Waals surface area contributed by atoms with Gasteiger partial charge in [-0.3, -0.25) is 0 Å². The minimum atomic E-state index is -0.388. The summed E-state index contributed by atoms with van der Waals surface area (Å²) in [6, 6.07) is 3.58. The second kappa shape index (κ2) is 10.9. The van der Waals surface area contributed by atoms with Crippen LogP contribution >= 0.6 is 0 Å². The fraction of sp³-hybridized carbons (Fsp3) is 0.632. The van der Waals surface area contributed by atoms with Crippen molar-refractivity contribution in [2.45, 2.75) is 58.0 Å². The summed E-state index contributed by atoms with van der Waals surface area (Å²) in [5, 5.41) is 9.24. The average Bonchev–Trinajstić information content (AvgIpc) is 2.58. The smallest absolute Gasteiger partial charge is 0.341 e. The van der Waals surface area contributed by atoms with Crippen LogP contribution in [0.2, 0.25) is 0 Å². The van der Waals surface area contributed by atoms with Gasteiger partial charge in [-0.15, -0.1) is 0 Å². The van der Waals surface area contributed by atoms with E-state index in [1.54, 1.807) is 13.2 Å². The number of aliphatic hydroxyl groups is 1. The Morgan fingerprint density at radius 1 is 1.04 bits per heavy atom. The summed E-state index contributed by atoms with van der Waals surface area (Å²) in [7, 11) is 4.50. The van der Waals surface area contributed by atoms with Crippen molar-refractivity contribution in [2.24, 2.45) is 0 Å². The number of methoxy groups -OCH3 is 3. The summed E-state index contributed by atoms with van der Waals surface area (Å²) < 4.78 is 15.5. The summed E-state index contributed by atoms with van der Waals surface area (Å²) >= 11 is 0. The molecular weight excluding hydrogens is 308 g/mol. The molecule has 5 heteroatoms. The molecule has 0 aliphatic heterocycles. The van der Waals surface area contributed by atoms with Gasteiger partial charge >= 0.3 is 5.97 Å². The van der Waals surface area contributed by atoms with Gasteiger partial charge in [0.05, 0.1) is 27.4 Å². The number of hydrogen-bond acceptors (Lipinski definition) is 5. The van der Waals surface area contributed by atoms with Crippen molar-refractivity contribution >= 4 is 5.97 Å². The summed E-state index contributed by atoms with van der Waals surface area (Å²) in [6.07, 6.45) is 6.79. The zero-order chi connectivity index (χ0) is 17.9. The predicted molar refractivity (Wildman–Crippen MR) is 94.0 cm³/mol. The molecule has 1 rings (SSSR count). The van der Waals surface area contributed by atoms with Crippen LogP contribution in [0.3, 0.4) is 0 Å². The number of aryl methyl sites for hydroxylation is 1. The van der Waals surface area contributed by atoms with Crippen LogP contribution in [0.5, 0.6) is 11.5 Å². The highest BCUT2D eigenvalue weighted by atomic mass is 16.5. The largest absolute Gasteiger partial charge is 0.497 e. The van der Waals surface area contributed by atoms with Crippen molar-refractivity contribution in [3.63, 3.8) is 0 Å². The van der Waals surface area contributed by atoms with E-state index in [2.05, 4.69) is 0 Å². The number of ether oxygens (including phenoxy) is 3. The lowest BCUT2D eigenvalue weighted by atomic mass is 9.99. The van der Waals surface area contributed by atoms with Crippen molar-refractivity contribution in [1.29, 1.82) is 0 Å². The first kappa shape index (κ1) is 20.3. The molecule has 0 heterocycles. The van der Waals surface area contributed by atoms with Crippen molar-refractivity contribution in [2.75, 3.05) is 21.3 Å². The van der Waals surface area contributed by atoms with E-state index < -0.39 is 0 Å². The fourth-order valence-electron chi connectivity index (χ4n) is 2.74. The minimum Gasteiger partial charge on any atom is -0.497 e. The lowest BCUT2D eigenvalue weighted by Crippen LogP contribution is -2.09. The Labute approximate surface area is 144 Å². The summed E-state index contributed by atoms with van der Waals surface area (Å²) in [6.45, 7) is 1.82. The number of carbonyl (C=O) groups is 1. The Bertz CT molecular complexity index is 511. The number of unbranched alkanes of at least 4 members (excludes halogenated alkanes) is 4. The first-order valence-corrected chi connectivity index (χ1v) is 8.54. The third kappa shape index (κ3) is 6.40. The van der Waals surface area contributed by atoms with Gasteiger partial charge in [0, 0.05) is 6.07 Å². The molecule has 136 valence electrons. The fourth-order valence-corrected chi connectivity index (χ4v) is 2.74. The molecule has 5 nitrogen and oxygen atoms in total. The van der Waals surface area contributed by atoms with Gasteiger partial charge in [0.2, 0.25) is 0 Å². The molecule has 1 aromatic rings. The molecule has 0 spiro atoms. The summed E-state index contributed by atoms with van der Waals surface area (Å²) in [4.78, 5) is 12.1. The van der Waals surface area contributed by atoms with Crippen molar-refractivity contribution in [3.05, 3.63) is 23.3 Å². The van der Waals surface area contributed by atoms with Gasteiger partial charge in [-0.05, 0) is 37.8 Å². The minimum absolute atomic E-state index is 0.211. The molecule has 0 aromatic heterocycles. The van der Waals surface area contributed by atoms with E-state index >= 15 is 0 Å². The van der Waals surface area contributed by atoms with Crippen LogP contribution in [0.25, 0.3) is 0 Å². The molecular formula is C19H30O5. The Kier molecular flexibility index (Phi) is 9.23. The molecule has 0 radical (unpaired) electrons. The third-order valence-electron chi connectivity index (χ3n) is 4.07. The topological polar surface area (TPSA) is 65.0 Å². The Morgan fingerprint density at radius 2 is 1.71 bits per heavy atom. The van der Waals surface area contributed by atoms with Gasteiger partial charge in [-0.1, -0.05) is 25.7 Å². The second-order valence-corrected chi connectivity index (χ2v) is 6.01. The van der Waals surface area contributed by atoms with E-state index in [1.807, 2.05) is 13.0 Å². The van der Waals surface area contributed by atoms with Crippen LogP contribution in [-0.2, 0) is 11.2 Å². The average molecular weight is 338 g/mol. The molecule has 0 aliphatic rings. The maximum atomic E-state index is 12.1. The molecule has 24 heavy (non-hydrogen) atoms. The van der Waals surface area contributed by atoms with E-state index in [4.69, 9.17) is 14.2 Å². The Hall–Kier alpha value is -1.75. The maximum absolute atomic E-state index is 12.1. The molecule has 0 fully saturated rings. The number of carbonyl (C=O) groups excluding carboxylic acids is 1. The predicted octanol–water partition coefficient (Wildman–Crippen LogP) is 3.75. The molecule has 0 unspecified atom stereocenters. The second-order valence-electron chi connectivity index (χ2n) is 6.01. The van der Waals surface area contributed by atoms with Crippen molar-refractivity contribution in [3.8, 4) is 11.5 Å². The maximum Gasteiger partial charge on any atom is 0.341 e. The highest BCUT2D eigenvalue weighted by Crippen LogP contribution is 2.30. The van der Waals surface area contributed by atoms with Crippen molar-refractivity contribution in [1.82, 2.24) is 0 Å². The van der Waals surface area contributed by atoms with Gasteiger partial charge in [-0.25, -0.2) is 4.79 Å². The number of hydrogen-bond donors (Lipinski definition) is 1. The Balaban J connectivity index is 2.66. The standard InChI is InChI=1S/C19H30O5/c1-14(20)10-8-6-5-7-9-11-15-12-16(22-2)13-17(23-3)18(15)19(21)24-4/h12-14,20H,5-11H2,1-4H3/t14-/m1/s1. The van der Waals surface area contributed by atoms with E-state index in [9.17, 15) is 9.90 Å². The van der Waals surface area contributed by atoms with Crippen LogP contribution in [0, 0.1) is 0 Å². The number of rotatable bonds is 11. The lowest BCUT2D eigenvalue weighted by molar-refractivity contribution is 0.0595. The van der Waals surface area contributed by atoms with E-state index in [1.165, 1.54) is 14.2 Å². The SMILES string of the molecule is COC(=O)c1c(CCCCCCC[C@@H](C)O)cc(OC)cc1OC. The first-order chi connectivity index (χ1) is 11.5. The number of esters is 1. The Morgan fingerprint density at radius 3 is 2.29 bits per heavy atom. The van der Waals surface area contributed by atoms with Gasteiger partial charge in [0.1, 0.15) is 17.1 Å². The van der Waals surface area contributed by atoms with Crippen LogP contribution in [0.1, 0.15) is 61.4 Å². The van der Waals surface area contributed by atoms with Crippen molar-refractivity contribution < 1.29 is 24.1 Å². The van der Waals surface area contributed by atoms with E-state index in [-0.39, 0.29) is 12.1 Å². The van der Waals surface area contributed by atoms with Gasteiger partial charge < -0.3 is 19.3 Å². The highest BCUT2D eigenvalue weighted by molar-refractivity contribution is 5.94. The third-order valence-corrected chi connectivity index (χ3v) is 4.07. The first-order valence-electron chi connectivity index (χ1n) is 8.54. The van der Waals surface area contributed by atoms with E-state index in [0.29, 0.717) is 17.1 Å². The monoisotopic (exact) mass is 338 g/mol. The number of benzene rings is 1. The molecule has 1 N–H and O–H groups in total. The molecule has 0 saturated carbocycles. The summed E-state index contributed by atoms with van der Waals surface area (Å²) in [5.41, 5.74) is 1.37. The van der Waals surface area contributed by atoms with Gasteiger partial charge in [0.15, 0.2) is 0 Å². The van der Waals surface area contributed by atoms with Crippen LogP contribution in [0.15, 0.2) is 12.1 Å². The lowest BCUT2D eigenvalue weighted by Gasteiger charge is -2.14. The van der Waals surface area contributed by atoms with Crippen LogP contribution in [0.4, 0.5) is 0 Å². The zero-order valence-electron chi connectivity index (χ0n) is 15.3. The summed E-state index contributed by atoms with van der Waals surface area (Å²) in [5.74, 6) is 0.765. The van der Waals surface area contributed by atoms with Crippen LogP contribution in [-0.4, -0.2) is 38.5 Å². The van der Waals surface area contributed by atoms with E-state index in [0.717, 1.165) is 50.5 Å². The van der Waals surface area contributed by atoms with Gasteiger partial charge in [0.25, 0.3) is 0 Å². The molecule has 0 aliphatic carbocycles. The normalized spacial score (nSPS) is 11.9. The van der Waals surface area contributed by atoms with Gasteiger partial charge in [-0.2, -0.15) is 0 Å².